The van der Waals surface area contributed by atoms with Crippen LogP contribution in [0, 0.1) is 0 Å². The Balaban J connectivity index is 0.00000324. The maximum Gasteiger partial charge on any atom is 0.416 e. The fourth-order valence-electron chi connectivity index (χ4n) is 4.23. The zero-order valence-corrected chi connectivity index (χ0v) is 19.7. The van der Waals surface area contributed by atoms with E-state index in [2.05, 4.69) is 29.2 Å². The van der Waals surface area contributed by atoms with Gasteiger partial charge in [0.25, 0.3) is 0 Å². The van der Waals surface area contributed by atoms with Crippen LogP contribution in [-0.2, 0) is 12.6 Å². The molecule has 0 aliphatic carbocycles. The van der Waals surface area contributed by atoms with E-state index in [0.717, 1.165) is 36.7 Å². The number of rotatable bonds is 7. The van der Waals surface area contributed by atoms with Gasteiger partial charge in [0.1, 0.15) is 0 Å². The molecule has 1 aliphatic rings. The van der Waals surface area contributed by atoms with E-state index in [-0.39, 0.29) is 12.4 Å². The fraction of sp³-hybridized carbons (Fsp3) is 0.286. The topological polar surface area (TPSA) is 23.5 Å². The number of aliphatic hydroxyl groups is 1. The summed E-state index contributed by atoms with van der Waals surface area (Å²) in [7, 11) is 0. The molecule has 1 aliphatic heterocycles. The van der Waals surface area contributed by atoms with E-state index in [0.29, 0.717) is 24.9 Å². The van der Waals surface area contributed by atoms with Crippen LogP contribution in [-0.4, -0.2) is 29.6 Å². The van der Waals surface area contributed by atoms with Gasteiger partial charge >= 0.3 is 6.18 Å². The first-order valence-corrected chi connectivity index (χ1v) is 11.3. The molecule has 1 unspecified atom stereocenters. The highest BCUT2D eigenvalue weighted by atomic mass is 35.5. The van der Waals surface area contributed by atoms with E-state index in [1.54, 1.807) is 6.07 Å². The number of hydrogen-bond donors (Lipinski definition) is 1. The van der Waals surface area contributed by atoms with E-state index in [1.165, 1.54) is 23.3 Å². The van der Waals surface area contributed by atoms with Gasteiger partial charge < -0.3 is 5.11 Å². The van der Waals surface area contributed by atoms with Gasteiger partial charge in [-0.15, -0.1) is 12.4 Å². The quantitative estimate of drug-likeness (QED) is 0.390. The Morgan fingerprint density at radius 3 is 2.24 bits per heavy atom. The highest BCUT2D eigenvalue weighted by Crippen LogP contribution is 2.32. The first kappa shape index (κ1) is 26.0. The second kappa shape index (κ2) is 11.7. The van der Waals surface area contributed by atoms with Crippen LogP contribution in [0.3, 0.4) is 0 Å². The number of aliphatic hydroxyl groups excluding tert-OH is 1. The van der Waals surface area contributed by atoms with Crippen molar-refractivity contribution in [3.8, 4) is 0 Å². The molecule has 1 N–H and O–H groups in total. The molecule has 0 radical (unpaired) electrons. The Morgan fingerprint density at radius 2 is 1.59 bits per heavy atom. The molecule has 0 amide bonds. The Bertz CT molecular complexity index is 1080. The van der Waals surface area contributed by atoms with Gasteiger partial charge in [0.2, 0.25) is 0 Å². The van der Waals surface area contributed by atoms with Crippen LogP contribution in [0.25, 0.3) is 5.57 Å². The van der Waals surface area contributed by atoms with Gasteiger partial charge in [-0.1, -0.05) is 72.8 Å². The Labute approximate surface area is 205 Å². The van der Waals surface area contributed by atoms with Crippen LogP contribution in [0.4, 0.5) is 13.2 Å². The molecule has 1 atom stereocenters. The van der Waals surface area contributed by atoms with Crippen LogP contribution in [0.5, 0.6) is 0 Å². The van der Waals surface area contributed by atoms with Crippen LogP contribution < -0.4 is 0 Å². The Morgan fingerprint density at radius 1 is 0.882 bits per heavy atom. The molecule has 4 rings (SSSR count). The van der Waals surface area contributed by atoms with E-state index >= 15 is 0 Å². The molecule has 0 saturated heterocycles. The number of nitrogens with zero attached hydrogens (tertiary/aromatic N) is 1. The molecule has 0 fully saturated rings. The molecule has 180 valence electrons. The molecule has 0 aromatic heterocycles. The van der Waals surface area contributed by atoms with E-state index in [1.807, 2.05) is 36.4 Å². The molecular weight excluding hydrogens is 459 g/mol. The van der Waals surface area contributed by atoms with Crippen molar-refractivity contribution >= 4 is 18.0 Å². The lowest BCUT2D eigenvalue weighted by Crippen LogP contribution is -2.30. The molecule has 2 nitrogen and oxygen atoms in total. The normalized spacial score (nSPS) is 15.4. The smallest absolute Gasteiger partial charge is 0.388 e. The highest BCUT2D eigenvalue weighted by Gasteiger charge is 2.30. The van der Waals surface area contributed by atoms with Gasteiger partial charge in [-0.2, -0.15) is 13.2 Å². The van der Waals surface area contributed by atoms with Gasteiger partial charge in [-0.25, -0.2) is 0 Å². The maximum absolute atomic E-state index is 13.0. The van der Waals surface area contributed by atoms with Crippen LogP contribution in [0.15, 0.2) is 84.9 Å². The van der Waals surface area contributed by atoms with Crippen LogP contribution in [0.1, 0.15) is 46.8 Å². The van der Waals surface area contributed by atoms with Crippen molar-refractivity contribution in [3.05, 3.63) is 113 Å². The highest BCUT2D eigenvalue weighted by molar-refractivity contribution is 5.85. The number of alkyl halides is 3. The minimum atomic E-state index is -4.33. The van der Waals surface area contributed by atoms with Gasteiger partial charge in [0, 0.05) is 19.6 Å². The third-order valence-electron chi connectivity index (χ3n) is 6.19. The van der Waals surface area contributed by atoms with E-state index < -0.39 is 17.8 Å². The minimum absolute atomic E-state index is 0. The molecule has 0 saturated carbocycles. The Hall–Kier alpha value is -2.60. The molecule has 6 heteroatoms. The van der Waals surface area contributed by atoms with Gasteiger partial charge in [0.05, 0.1) is 11.7 Å². The maximum atomic E-state index is 13.0. The molecular formula is C28H29ClF3NO. The summed E-state index contributed by atoms with van der Waals surface area (Å²) in [5, 5.41) is 10.6. The second-order valence-corrected chi connectivity index (χ2v) is 8.57. The molecule has 0 spiro atoms. The van der Waals surface area contributed by atoms with Crippen molar-refractivity contribution in [1.29, 1.82) is 0 Å². The van der Waals surface area contributed by atoms with E-state index in [4.69, 9.17) is 0 Å². The Kier molecular flexibility index (Phi) is 8.95. The lowest BCUT2D eigenvalue weighted by Gasteiger charge is -2.27. The van der Waals surface area contributed by atoms with Gasteiger partial charge in [0.15, 0.2) is 0 Å². The molecule has 3 aromatic carbocycles. The standard InChI is InChI=1S/C28H28F3NO.ClH/c29-28(30,31)26-8-4-7-25(20-26)23-13-16-32(17-14-23)18-15-27(33)24-11-9-22(10-12-24)19-21-5-2-1-3-6-21;/h1-13,20,27,33H,14-19H2;1H. The third-order valence-corrected chi connectivity index (χ3v) is 6.19. The number of hydrogen-bond acceptors (Lipinski definition) is 2. The van der Waals surface area contributed by atoms with Gasteiger partial charge in [-0.05, 0) is 59.2 Å². The first-order chi connectivity index (χ1) is 15.9. The molecule has 3 aromatic rings. The fourth-order valence-corrected chi connectivity index (χ4v) is 4.23. The minimum Gasteiger partial charge on any atom is -0.388 e. The van der Waals surface area contributed by atoms with Crippen molar-refractivity contribution in [3.63, 3.8) is 0 Å². The summed E-state index contributed by atoms with van der Waals surface area (Å²) in [6.45, 7) is 2.18. The summed E-state index contributed by atoms with van der Waals surface area (Å²) in [4.78, 5) is 2.23. The van der Waals surface area contributed by atoms with E-state index in [9.17, 15) is 18.3 Å². The summed E-state index contributed by atoms with van der Waals surface area (Å²) in [6, 6.07) is 23.9. The summed E-state index contributed by atoms with van der Waals surface area (Å²) in [5.74, 6) is 0. The first-order valence-electron chi connectivity index (χ1n) is 11.3. The van der Waals surface area contributed by atoms with Crippen molar-refractivity contribution in [2.24, 2.45) is 0 Å². The summed E-state index contributed by atoms with van der Waals surface area (Å²) in [6.07, 6.45) is -0.677. The number of benzene rings is 3. The average Bonchev–Trinajstić information content (AvgIpc) is 2.83. The van der Waals surface area contributed by atoms with Crippen molar-refractivity contribution in [2.75, 3.05) is 19.6 Å². The summed E-state index contributed by atoms with van der Waals surface area (Å²) < 4.78 is 38.9. The predicted molar refractivity (Wildman–Crippen MR) is 133 cm³/mol. The zero-order valence-electron chi connectivity index (χ0n) is 18.8. The summed E-state index contributed by atoms with van der Waals surface area (Å²) >= 11 is 0. The SMILES string of the molecule is Cl.OC(CCN1CC=C(c2cccc(C(F)(F)F)c2)CC1)c1ccc(Cc2ccccc2)cc1. The van der Waals surface area contributed by atoms with Gasteiger partial charge in [-0.3, -0.25) is 4.90 Å². The third kappa shape index (κ3) is 6.95. The van der Waals surface area contributed by atoms with Crippen molar-refractivity contribution in [2.45, 2.75) is 31.5 Å². The van der Waals surface area contributed by atoms with Crippen LogP contribution >= 0.6 is 12.4 Å². The molecule has 34 heavy (non-hydrogen) atoms. The van der Waals surface area contributed by atoms with Crippen molar-refractivity contribution < 1.29 is 18.3 Å². The monoisotopic (exact) mass is 487 g/mol. The van der Waals surface area contributed by atoms with Crippen molar-refractivity contribution in [1.82, 2.24) is 4.90 Å². The second-order valence-electron chi connectivity index (χ2n) is 8.57. The molecule has 0 bridgehead atoms. The molecule has 1 heterocycles. The van der Waals surface area contributed by atoms with Crippen LogP contribution in [0.2, 0.25) is 0 Å². The summed E-state index contributed by atoms with van der Waals surface area (Å²) in [5.41, 5.74) is 4.35. The lowest BCUT2D eigenvalue weighted by molar-refractivity contribution is -0.137. The average molecular weight is 488 g/mol. The predicted octanol–water partition coefficient (Wildman–Crippen LogP) is 6.93. The zero-order chi connectivity index (χ0) is 23.3. The number of halogens is 4. The largest absolute Gasteiger partial charge is 0.416 e. The lowest BCUT2D eigenvalue weighted by atomic mass is 9.97.